The number of anilines is 1. The van der Waals surface area contributed by atoms with Gasteiger partial charge in [0.2, 0.25) is 0 Å². The Morgan fingerprint density at radius 1 is 1.24 bits per heavy atom. The Morgan fingerprint density at radius 2 is 2.00 bits per heavy atom. The van der Waals surface area contributed by atoms with Crippen LogP contribution in [0, 0.1) is 6.92 Å². The molecular weight excluding hydrogens is 312 g/mol. The van der Waals surface area contributed by atoms with E-state index in [1.54, 1.807) is 0 Å². The third-order valence-corrected chi connectivity index (χ3v) is 4.77. The second-order valence-electron chi connectivity index (χ2n) is 6.83. The van der Waals surface area contributed by atoms with Crippen molar-refractivity contribution in [3.63, 3.8) is 0 Å². The fraction of sp³-hybridized carbons (Fsp3) is 0.650. The molecule has 1 fully saturated rings. The SMILES string of the molecule is CCNC(=NCCN(CC)c1cccc(C)c1)NC1CCC(O)CC1. The van der Waals surface area contributed by atoms with E-state index in [0.29, 0.717) is 6.04 Å². The Labute approximate surface area is 152 Å². The lowest BCUT2D eigenvalue weighted by molar-refractivity contribution is 0.120. The van der Waals surface area contributed by atoms with Gasteiger partial charge in [-0.3, -0.25) is 4.99 Å². The van der Waals surface area contributed by atoms with Gasteiger partial charge in [0.1, 0.15) is 0 Å². The third kappa shape index (κ3) is 6.58. The standard InChI is InChI=1S/C20H34N4O/c1-4-21-20(23-17-9-11-19(25)12-10-17)22-13-14-24(5-2)18-8-6-7-16(3)15-18/h6-8,15,17,19,25H,4-5,9-14H2,1-3H3,(H2,21,22,23). The Hall–Kier alpha value is -1.75. The highest BCUT2D eigenvalue weighted by molar-refractivity contribution is 5.80. The number of aliphatic hydroxyl groups is 1. The maximum Gasteiger partial charge on any atom is 0.191 e. The first-order valence-electron chi connectivity index (χ1n) is 9.66. The number of rotatable bonds is 7. The number of guanidine groups is 1. The molecule has 0 amide bonds. The van der Waals surface area contributed by atoms with Gasteiger partial charge < -0.3 is 20.6 Å². The van der Waals surface area contributed by atoms with Gasteiger partial charge in [-0.1, -0.05) is 12.1 Å². The topological polar surface area (TPSA) is 59.9 Å². The van der Waals surface area contributed by atoms with E-state index in [2.05, 4.69) is 60.6 Å². The number of aliphatic imine (C=N–C) groups is 1. The molecule has 0 heterocycles. The van der Waals surface area contributed by atoms with Crippen LogP contribution >= 0.6 is 0 Å². The molecule has 3 N–H and O–H groups in total. The van der Waals surface area contributed by atoms with Gasteiger partial charge >= 0.3 is 0 Å². The zero-order valence-corrected chi connectivity index (χ0v) is 16.0. The maximum absolute atomic E-state index is 9.64. The van der Waals surface area contributed by atoms with Gasteiger partial charge in [0.15, 0.2) is 5.96 Å². The van der Waals surface area contributed by atoms with E-state index in [-0.39, 0.29) is 6.10 Å². The van der Waals surface area contributed by atoms with Crippen LogP contribution in [0.4, 0.5) is 5.69 Å². The van der Waals surface area contributed by atoms with Crippen molar-refractivity contribution in [2.75, 3.05) is 31.1 Å². The lowest BCUT2D eigenvalue weighted by Gasteiger charge is -2.28. The van der Waals surface area contributed by atoms with Crippen LogP contribution in [0.2, 0.25) is 0 Å². The summed E-state index contributed by atoms with van der Waals surface area (Å²) in [5.41, 5.74) is 2.55. The third-order valence-electron chi connectivity index (χ3n) is 4.77. The summed E-state index contributed by atoms with van der Waals surface area (Å²) in [6.45, 7) is 9.89. The Morgan fingerprint density at radius 3 is 2.64 bits per heavy atom. The summed E-state index contributed by atoms with van der Waals surface area (Å²) < 4.78 is 0. The molecule has 5 nitrogen and oxygen atoms in total. The van der Waals surface area contributed by atoms with E-state index in [1.807, 2.05) is 0 Å². The Kier molecular flexibility index (Phi) is 8.06. The molecular formula is C20H34N4O. The second-order valence-corrected chi connectivity index (χ2v) is 6.83. The zero-order chi connectivity index (χ0) is 18.1. The smallest absolute Gasteiger partial charge is 0.191 e. The summed E-state index contributed by atoms with van der Waals surface area (Å²) in [7, 11) is 0. The van der Waals surface area contributed by atoms with Gasteiger partial charge in [-0.05, 0) is 64.2 Å². The van der Waals surface area contributed by atoms with E-state index in [0.717, 1.165) is 57.8 Å². The molecule has 25 heavy (non-hydrogen) atoms. The monoisotopic (exact) mass is 346 g/mol. The van der Waals surface area contributed by atoms with Gasteiger partial charge in [0.05, 0.1) is 12.6 Å². The maximum atomic E-state index is 9.64. The first-order valence-corrected chi connectivity index (χ1v) is 9.66. The largest absolute Gasteiger partial charge is 0.393 e. The average molecular weight is 347 g/mol. The van der Waals surface area contributed by atoms with Crippen LogP contribution in [-0.2, 0) is 0 Å². The normalized spacial score (nSPS) is 21.0. The summed E-state index contributed by atoms with van der Waals surface area (Å²) in [4.78, 5) is 7.11. The van der Waals surface area contributed by atoms with Crippen molar-refractivity contribution in [3.8, 4) is 0 Å². The summed E-state index contributed by atoms with van der Waals surface area (Å²) in [6, 6.07) is 9.05. The number of likely N-dealkylation sites (N-methyl/N-ethyl adjacent to an activating group) is 1. The zero-order valence-electron chi connectivity index (χ0n) is 16.0. The minimum absolute atomic E-state index is 0.120. The lowest BCUT2D eigenvalue weighted by Crippen LogP contribution is -2.45. The molecule has 1 aromatic carbocycles. The van der Waals surface area contributed by atoms with Crippen molar-refractivity contribution >= 4 is 11.6 Å². The van der Waals surface area contributed by atoms with Crippen LogP contribution in [0.3, 0.4) is 0 Å². The summed E-state index contributed by atoms with van der Waals surface area (Å²) in [5, 5.41) is 16.5. The Balaban J connectivity index is 1.88. The minimum Gasteiger partial charge on any atom is -0.393 e. The molecule has 0 spiro atoms. The van der Waals surface area contributed by atoms with E-state index >= 15 is 0 Å². The van der Waals surface area contributed by atoms with Crippen LogP contribution in [0.5, 0.6) is 0 Å². The molecule has 0 aromatic heterocycles. The molecule has 1 aliphatic carbocycles. The number of nitrogens with zero attached hydrogens (tertiary/aromatic N) is 2. The molecule has 5 heteroatoms. The summed E-state index contributed by atoms with van der Waals surface area (Å²) >= 11 is 0. The molecule has 0 saturated heterocycles. The Bertz CT molecular complexity index is 538. The van der Waals surface area contributed by atoms with Gasteiger partial charge in [0, 0.05) is 31.4 Å². The fourth-order valence-electron chi connectivity index (χ4n) is 3.31. The highest BCUT2D eigenvalue weighted by atomic mass is 16.3. The number of hydrogen-bond donors (Lipinski definition) is 3. The molecule has 1 aromatic rings. The van der Waals surface area contributed by atoms with Crippen molar-refractivity contribution in [2.24, 2.45) is 4.99 Å². The van der Waals surface area contributed by atoms with Crippen LogP contribution < -0.4 is 15.5 Å². The van der Waals surface area contributed by atoms with E-state index in [9.17, 15) is 5.11 Å². The van der Waals surface area contributed by atoms with Gasteiger partial charge in [-0.15, -0.1) is 0 Å². The van der Waals surface area contributed by atoms with E-state index < -0.39 is 0 Å². The highest BCUT2D eigenvalue weighted by Gasteiger charge is 2.19. The highest BCUT2D eigenvalue weighted by Crippen LogP contribution is 2.18. The molecule has 0 aliphatic heterocycles. The molecule has 0 unspecified atom stereocenters. The first kappa shape index (κ1) is 19.6. The minimum atomic E-state index is -0.120. The first-order chi connectivity index (χ1) is 12.1. The van der Waals surface area contributed by atoms with Crippen molar-refractivity contribution < 1.29 is 5.11 Å². The number of aryl methyl sites for hydroxylation is 1. The number of benzene rings is 1. The summed E-state index contributed by atoms with van der Waals surface area (Å²) in [5.74, 6) is 0.893. The predicted octanol–water partition coefficient (Wildman–Crippen LogP) is 2.68. The molecule has 140 valence electrons. The van der Waals surface area contributed by atoms with Crippen LogP contribution in [0.1, 0.15) is 45.1 Å². The second kappa shape index (κ2) is 10.3. The molecule has 0 radical (unpaired) electrons. The van der Waals surface area contributed by atoms with Crippen LogP contribution in [0.15, 0.2) is 29.3 Å². The van der Waals surface area contributed by atoms with Crippen molar-refractivity contribution in [1.82, 2.24) is 10.6 Å². The van der Waals surface area contributed by atoms with Crippen LogP contribution in [-0.4, -0.2) is 49.4 Å². The van der Waals surface area contributed by atoms with E-state index in [1.165, 1.54) is 11.3 Å². The molecule has 1 saturated carbocycles. The lowest BCUT2D eigenvalue weighted by atomic mass is 9.93. The predicted molar refractivity (Wildman–Crippen MR) is 106 cm³/mol. The van der Waals surface area contributed by atoms with Crippen LogP contribution in [0.25, 0.3) is 0 Å². The molecule has 0 atom stereocenters. The number of nitrogens with one attached hydrogen (secondary N) is 2. The molecule has 0 bridgehead atoms. The number of aliphatic hydroxyl groups excluding tert-OH is 1. The average Bonchev–Trinajstić information content (AvgIpc) is 2.61. The number of hydrogen-bond acceptors (Lipinski definition) is 3. The van der Waals surface area contributed by atoms with Gasteiger partial charge in [-0.25, -0.2) is 0 Å². The van der Waals surface area contributed by atoms with E-state index in [4.69, 9.17) is 4.99 Å². The quantitative estimate of drug-likeness (QED) is 0.525. The van der Waals surface area contributed by atoms with Crippen molar-refractivity contribution in [2.45, 2.75) is 58.6 Å². The molecule has 2 rings (SSSR count). The van der Waals surface area contributed by atoms with Gasteiger partial charge in [0.25, 0.3) is 0 Å². The fourth-order valence-corrected chi connectivity index (χ4v) is 3.31. The van der Waals surface area contributed by atoms with Gasteiger partial charge in [-0.2, -0.15) is 0 Å². The summed E-state index contributed by atoms with van der Waals surface area (Å²) in [6.07, 6.45) is 3.67. The van der Waals surface area contributed by atoms with Crippen molar-refractivity contribution in [3.05, 3.63) is 29.8 Å². The molecule has 1 aliphatic rings. The van der Waals surface area contributed by atoms with Crippen molar-refractivity contribution in [1.29, 1.82) is 0 Å².